The van der Waals surface area contributed by atoms with Crippen molar-refractivity contribution < 1.29 is 0 Å². The number of hydrogen-bond acceptors (Lipinski definition) is 4. The largest absolute Gasteiger partial charge is 0.376 e. The third-order valence-corrected chi connectivity index (χ3v) is 11.1. The van der Waals surface area contributed by atoms with Gasteiger partial charge in [0, 0.05) is 40.8 Å². The molecule has 5 nitrogen and oxygen atoms in total. The van der Waals surface area contributed by atoms with E-state index in [0.717, 1.165) is 51.9 Å². The molecule has 5 heteroatoms. The molecule has 7 aromatic carbocycles. The molecule has 0 bridgehead atoms. The number of benzene rings is 7. The zero-order valence-corrected chi connectivity index (χ0v) is 29.3. The molecular weight excluding hydrogens is 635 g/mol. The van der Waals surface area contributed by atoms with Crippen LogP contribution in [0, 0.1) is 0 Å². The van der Waals surface area contributed by atoms with Gasteiger partial charge in [-0.05, 0) is 84.3 Å². The molecule has 2 N–H and O–H groups in total. The lowest BCUT2D eigenvalue weighted by molar-refractivity contribution is 0.568. The van der Waals surface area contributed by atoms with Crippen molar-refractivity contribution in [2.75, 3.05) is 20.4 Å². The molecule has 0 saturated carbocycles. The number of nitrogens with one attached hydrogen (secondary N) is 2. The predicted molar refractivity (Wildman–Crippen MR) is 219 cm³/mol. The summed E-state index contributed by atoms with van der Waals surface area (Å²) in [5, 5.41) is 10.4. The number of fused-ring (bicyclic) bond motifs is 7. The van der Waals surface area contributed by atoms with Gasteiger partial charge in [-0.25, -0.2) is 0 Å². The van der Waals surface area contributed by atoms with Crippen LogP contribution >= 0.6 is 0 Å². The second-order valence-corrected chi connectivity index (χ2v) is 13.9. The van der Waals surface area contributed by atoms with Gasteiger partial charge < -0.3 is 25.0 Å². The monoisotopic (exact) mass is 673 g/mol. The van der Waals surface area contributed by atoms with E-state index in [4.69, 9.17) is 0 Å². The molecule has 0 amide bonds. The van der Waals surface area contributed by atoms with Gasteiger partial charge in [-0.15, -0.1) is 0 Å². The minimum atomic E-state index is 0.0850. The Labute approximate surface area is 304 Å². The van der Waals surface area contributed by atoms with Crippen LogP contribution in [0.4, 0.5) is 51.2 Å². The first-order chi connectivity index (χ1) is 25.7. The fraction of sp³-hybridized carbons (Fsp3) is 0.106. The van der Waals surface area contributed by atoms with Crippen LogP contribution in [0.2, 0.25) is 0 Å². The van der Waals surface area contributed by atoms with Gasteiger partial charge in [0.1, 0.15) is 0 Å². The Morgan fingerprint density at radius 2 is 1.02 bits per heavy atom. The first-order valence-corrected chi connectivity index (χ1v) is 18.2. The average molecular weight is 674 g/mol. The maximum Gasteiger partial charge on any atom is 0.0718 e. The average Bonchev–Trinajstić information content (AvgIpc) is 3.45. The molecule has 3 heterocycles. The smallest absolute Gasteiger partial charge is 0.0718 e. The maximum absolute atomic E-state index is 4.15. The highest BCUT2D eigenvalue weighted by Crippen LogP contribution is 2.53. The van der Waals surface area contributed by atoms with E-state index in [1.165, 1.54) is 38.6 Å². The van der Waals surface area contributed by atoms with Crippen molar-refractivity contribution in [2.24, 2.45) is 7.05 Å². The molecule has 2 unspecified atom stereocenters. The van der Waals surface area contributed by atoms with E-state index in [9.17, 15) is 0 Å². The highest BCUT2D eigenvalue weighted by molar-refractivity contribution is 6.15. The third kappa shape index (κ3) is 4.70. The van der Waals surface area contributed by atoms with Gasteiger partial charge in [-0.1, -0.05) is 104 Å². The molecule has 0 radical (unpaired) electrons. The van der Waals surface area contributed by atoms with E-state index in [0.29, 0.717) is 0 Å². The zero-order chi connectivity index (χ0) is 34.8. The predicted octanol–water partition coefficient (Wildman–Crippen LogP) is 13.0. The number of para-hydroxylation sites is 5. The molecule has 2 atom stereocenters. The normalized spacial score (nSPS) is 16.2. The highest BCUT2D eigenvalue weighted by Gasteiger charge is 2.33. The van der Waals surface area contributed by atoms with E-state index in [1.54, 1.807) is 0 Å². The number of aromatic nitrogens is 1. The van der Waals surface area contributed by atoms with Crippen molar-refractivity contribution in [1.29, 1.82) is 0 Å². The molecule has 2 aliphatic rings. The van der Waals surface area contributed by atoms with E-state index in [-0.39, 0.29) is 12.0 Å². The number of rotatable bonds is 4. The summed E-state index contributed by atoms with van der Waals surface area (Å²) in [6, 6.07) is 59.6. The minimum Gasteiger partial charge on any atom is -0.376 e. The van der Waals surface area contributed by atoms with Crippen molar-refractivity contribution in [3.05, 3.63) is 175 Å². The molecular formula is C47H39N5. The topological polar surface area (TPSA) is 35.5 Å². The van der Waals surface area contributed by atoms with Gasteiger partial charge in [-0.3, -0.25) is 0 Å². The van der Waals surface area contributed by atoms with Crippen LogP contribution in [-0.2, 0) is 7.05 Å². The van der Waals surface area contributed by atoms with E-state index >= 15 is 0 Å². The molecule has 252 valence electrons. The van der Waals surface area contributed by atoms with Crippen molar-refractivity contribution in [3.63, 3.8) is 0 Å². The highest BCUT2D eigenvalue weighted by atomic mass is 15.2. The van der Waals surface area contributed by atoms with Crippen LogP contribution in [0.15, 0.2) is 164 Å². The lowest BCUT2D eigenvalue weighted by Crippen LogP contribution is -2.26. The summed E-state index contributed by atoms with van der Waals surface area (Å²) in [5.74, 6) is 0.251. The SMILES string of the molecule is CCC1c2ccccc2N(c2ccccc2)c2cc3c(cc2NC1c1ccccc1)c1cc2c(cc1n3C)N(c1ccccc1)c1ccccc1N2. The Morgan fingerprint density at radius 1 is 0.500 bits per heavy atom. The molecule has 0 spiro atoms. The van der Waals surface area contributed by atoms with Gasteiger partial charge >= 0.3 is 0 Å². The molecule has 0 aliphatic carbocycles. The van der Waals surface area contributed by atoms with Crippen LogP contribution in [-0.4, -0.2) is 4.57 Å². The molecule has 52 heavy (non-hydrogen) atoms. The zero-order valence-electron chi connectivity index (χ0n) is 29.3. The Morgan fingerprint density at radius 3 is 1.67 bits per heavy atom. The summed E-state index contributed by atoms with van der Waals surface area (Å²) < 4.78 is 2.37. The maximum atomic E-state index is 4.15. The summed E-state index contributed by atoms with van der Waals surface area (Å²) in [6.45, 7) is 2.31. The van der Waals surface area contributed by atoms with Gasteiger partial charge in [0.2, 0.25) is 0 Å². The Hall–Kier alpha value is -6.46. The van der Waals surface area contributed by atoms with Crippen molar-refractivity contribution in [2.45, 2.75) is 25.3 Å². The summed E-state index contributed by atoms with van der Waals surface area (Å²) in [4.78, 5) is 4.83. The number of anilines is 9. The lowest BCUT2D eigenvalue weighted by atomic mass is 9.82. The molecule has 2 aliphatic heterocycles. The second-order valence-electron chi connectivity index (χ2n) is 13.9. The van der Waals surface area contributed by atoms with Gasteiger partial charge in [-0.2, -0.15) is 0 Å². The Balaban J connectivity index is 1.25. The molecule has 0 fully saturated rings. The Kier molecular flexibility index (Phi) is 7.07. The standard InChI is InChI=1S/C47H39N5/c1-3-34-35-23-13-15-25-41(35)51(32-19-9-5-10-20-32)46-30-44-37(28-40(46)49-47(34)31-17-7-4-8-18-31)36-27-39-45(29-43(36)50(44)2)52(33-21-11-6-12-22-33)42-26-16-14-24-38(42)48-39/h4-30,34,47-49H,3H2,1-2H3. The summed E-state index contributed by atoms with van der Waals surface area (Å²) in [5.41, 5.74) is 15.2. The van der Waals surface area contributed by atoms with E-state index < -0.39 is 0 Å². The summed E-state index contributed by atoms with van der Waals surface area (Å²) in [7, 11) is 2.21. The van der Waals surface area contributed by atoms with Crippen molar-refractivity contribution in [3.8, 4) is 0 Å². The molecule has 10 rings (SSSR count). The summed E-state index contributed by atoms with van der Waals surface area (Å²) in [6.07, 6.45) is 0.995. The molecule has 0 saturated heterocycles. The molecule has 1 aromatic heterocycles. The number of nitrogens with zero attached hydrogens (tertiary/aromatic N) is 3. The van der Waals surface area contributed by atoms with Crippen LogP contribution in [0.1, 0.15) is 36.4 Å². The first-order valence-electron chi connectivity index (χ1n) is 18.2. The van der Waals surface area contributed by atoms with Crippen molar-refractivity contribution in [1.82, 2.24) is 4.57 Å². The second kappa shape index (κ2) is 12.1. The fourth-order valence-electron chi connectivity index (χ4n) is 8.63. The van der Waals surface area contributed by atoms with Gasteiger partial charge in [0.05, 0.1) is 51.2 Å². The fourth-order valence-corrected chi connectivity index (χ4v) is 8.63. The van der Waals surface area contributed by atoms with Crippen LogP contribution < -0.4 is 20.4 Å². The van der Waals surface area contributed by atoms with Crippen LogP contribution in [0.5, 0.6) is 0 Å². The number of hydrogen-bond donors (Lipinski definition) is 2. The quantitative estimate of drug-likeness (QED) is 0.195. The van der Waals surface area contributed by atoms with E-state index in [1.807, 2.05) is 0 Å². The molecule has 8 aromatic rings. The summed E-state index contributed by atoms with van der Waals surface area (Å²) >= 11 is 0. The van der Waals surface area contributed by atoms with Crippen LogP contribution in [0.25, 0.3) is 21.8 Å². The third-order valence-electron chi connectivity index (χ3n) is 11.1. The lowest BCUT2D eigenvalue weighted by Gasteiger charge is -2.38. The Bertz CT molecular complexity index is 2590. The van der Waals surface area contributed by atoms with Gasteiger partial charge in [0.15, 0.2) is 0 Å². The van der Waals surface area contributed by atoms with Gasteiger partial charge in [0.25, 0.3) is 0 Å². The van der Waals surface area contributed by atoms with Crippen molar-refractivity contribution >= 4 is 73.0 Å². The minimum absolute atomic E-state index is 0.0850. The number of aryl methyl sites for hydroxylation is 1. The van der Waals surface area contributed by atoms with E-state index in [2.05, 4.69) is 203 Å². The van der Waals surface area contributed by atoms with Crippen LogP contribution in [0.3, 0.4) is 0 Å². The first kappa shape index (κ1) is 30.4.